The molecule has 3 aromatic rings. The molecule has 1 aromatic heterocycles. The number of halogens is 1. The van der Waals surface area contributed by atoms with Crippen molar-refractivity contribution in [2.45, 2.75) is 19.8 Å². The predicted octanol–water partition coefficient (Wildman–Crippen LogP) is 5.48. The van der Waals surface area contributed by atoms with Crippen molar-refractivity contribution in [3.63, 3.8) is 0 Å². The van der Waals surface area contributed by atoms with Crippen LogP contribution < -0.4 is 9.64 Å². The summed E-state index contributed by atoms with van der Waals surface area (Å²) in [7, 11) is 0. The lowest BCUT2D eigenvalue weighted by molar-refractivity contribution is -0.134. The van der Waals surface area contributed by atoms with Crippen molar-refractivity contribution in [3.8, 4) is 5.75 Å². The van der Waals surface area contributed by atoms with Crippen molar-refractivity contribution in [1.29, 1.82) is 0 Å². The van der Waals surface area contributed by atoms with Crippen LogP contribution in [-0.4, -0.2) is 16.9 Å². The van der Waals surface area contributed by atoms with Crippen LogP contribution in [0.25, 0.3) is 0 Å². The molecule has 0 aliphatic rings. The second-order valence-corrected chi connectivity index (χ2v) is 6.99. The maximum absolute atomic E-state index is 13.2. The highest BCUT2D eigenvalue weighted by molar-refractivity contribution is 7.13. The van der Waals surface area contributed by atoms with Crippen LogP contribution in [0, 0.1) is 0 Å². The quantitative estimate of drug-likeness (QED) is 0.406. The summed E-state index contributed by atoms with van der Waals surface area (Å²) >= 11 is 7.32. The molecule has 138 valence electrons. The molecule has 0 aliphatic heterocycles. The maximum atomic E-state index is 13.2. The van der Waals surface area contributed by atoms with Gasteiger partial charge in [-0.05, 0) is 48.9 Å². The van der Waals surface area contributed by atoms with E-state index < -0.39 is 0 Å². The Labute approximate surface area is 166 Å². The van der Waals surface area contributed by atoms with Crippen LogP contribution in [0.5, 0.6) is 5.75 Å². The Bertz CT molecular complexity index is 927. The standard InChI is InChI=1S/C20H17ClN2O3S/c1-2-4-18(24)26-17-6-3-5-14(13-17)19(25)23(20-22-11-12-27-20)16-9-7-15(21)8-10-16/h3,5-13H,2,4H2,1H3. The summed E-state index contributed by atoms with van der Waals surface area (Å²) in [6.07, 6.45) is 2.67. The van der Waals surface area contributed by atoms with Crippen LogP contribution in [0.4, 0.5) is 10.8 Å². The van der Waals surface area contributed by atoms with Gasteiger partial charge < -0.3 is 4.74 Å². The van der Waals surface area contributed by atoms with Gasteiger partial charge in [-0.1, -0.05) is 24.6 Å². The second kappa shape index (κ2) is 8.79. The molecule has 0 unspecified atom stereocenters. The van der Waals surface area contributed by atoms with Gasteiger partial charge in [-0.25, -0.2) is 4.98 Å². The van der Waals surface area contributed by atoms with E-state index in [2.05, 4.69) is 4.98 Å². The van der Waals surface area contributed by atoms with Crippen LogP contribution >= 0.6 is 22.9 Å². The molecule has 0 fully saturated rings. The van der Waals surface area contributed by atoms with Crippen LogP contribution in [0.15, 0.2) is 60.1 Å². The summed E-state index contributed by atoms with van der Waals surface area (Å²) in [4.78, 5) is 30.7. The van der Waals surface area contributed by atoms with E-state index in [0.29, 0.717) is 40.0 Å². The molecule has 27 heavy (non-hydrogen) atoms. The number of carbonyl (C=O) groups is 2. The van der Waals surface area contributed by atoms with Crippen LogP contribution in [0.2, 0.25) is 5.02 Å². The van der Waals surface area contributed by atoms with Gasteiger partial charge >= 0.3 is 5.97 Å². The number of thiazole rings is 1. The van der Waals surface area contributed by atoms with E-state index in [4.69, 9.17) is 16.3 Å². The van der Waals surface area contributed by atoms with Crippen molar-refractivity contribution in [1.82, 2.24) is 4.98 Å². The molecule has 1 heterocycles. The monoisotopic (exact) mass is 400 g/mol. The van der Waals surface area contributed by atoms with E-state index in [1.807, 2.05) is 6.92 Å². The number of amides is 1. The summed E-state index contributed by atoms with van der Waals surface area (Å²) in [5.41, 5.74) is 1.04. The highest BCUT2D eigenvalue weighted by atomic mass is 35.5. The maximum Gasteiger partial charge on any atom is 0.311 e. The average Bonchev–Trinajstić information content (AvgIpc) is 3.18. The largest absolute Gasteiger partial charge is 0.427 e. The van der Waals surface area contributed by atoms with Gasteiger partial charge in [0.05, 0.1) is 5.69 Å². The van der Waals surface area contributed by atoms with E-state index >= 15 is 0 Å². The molecule has 0 saturated carbocycles. The molecule has 0 radical (unpaired) electrons. The Morgan fingerprint density at radius 2 is 1.96 bits per heavy atom. The SMILES string of the molecule is CCCC(=O)Oc1cccc(C(=O)N(c2ccc(Cl)cc2)c2nccs2)c1. The fourth-order valence-electron chi connectivity index (χ4n) is 2.44. The normalized spacial score (nSPS) is 10.4. The van der Waals surface area contributed by atoms with Gasteiger partial charge in [0.15, 0.2) is 5.13 Å². The molecule has 1 amide bonds. The van der Waals surface area contributed by atoms with Crippen molar-refractivity contribution in [2.24, 2.45) is 0 Å². The topological polar surface area (TPSA) is 59.5 Å². The number of anilines is 2. The van der Waals surface area contributed by atoms with Gasteiger partial charge in [0.25, 0.3) is 5.91 Å². The molecule has 0 bridgehead atoms. The Morgan fingerprint density at radius 3 is 2.63 bits per heavy atom. The zero-order valence-electron chi connectivity index (χ0n) is 14.6. The average molecular weight is 401 g/mol. The van der Waals surface area contributed by atoms with Gasteiger partial charge in [-0.2, -0.15) is 0 Å². The van der Waals surface area contributed by atoms with Gasteiger partial charge in [-0.15, -0.1) is 11.3 Å². The summed E-state index contributed by atoms with van der Waals surface area (Å²) in [5.74, 6) is -0.258. The molecule has 7 heteroatoms. The third-order valence-corrected chi connectivity index (χ3v) is 4.67. The Kier molecular flexibility index (Phi) is 6.21. The fraction of sp³-hybridized carbons (Fsp3) is 0.150. The number of rotatable bonds is 6. The van der Waals surface area contributed by atoms with Crippen molar-refractivity contribution in [2.75, 3.05) is 4.90 Å². The molecule has 0 atom stereocenters. The third kappa shape index (κ3) is 4.72. The molecule has 0 N–H and O–H groups in total. The molecule has 2 aromatic carbocycles. The summed E-state index contributed by atoms with van der Waals surface area (Å²) in [6, 6.07) is 13.5. The van der Waals surface area contributed by atoms with E-state index in [1.165, 1.54) is 16.2 Å². The number of benzene rings is 2. The fourth-order valence-corrected chi connectivity index (χ4v) is 3.22. The number of esters is 1. The summed E-state index contributed by atoms with van der Waals surface area (Å²) in [5, 5.41) is 2.92. The lowest BCUT2D eigenvalue weighted by atomic mass is 10.1. The number of hydrogen-bond acceptors (Lipinski definition) is 5. The summed E-state index contributed by atoms with van der Waals surface area (Å²) < 4.78 is 5.30. The Hall–Kier alpha value is -2.70. The van der Waals surface area contributed by atoms with Gasteiger partial charge in [-0.3, -0.25) is 14.5 Å². The highest BCUT2D eigenvalue weighted by Gasteiger charge is 2.22. The first-order chi connectivity index (χ1) is 13.1. The van der Waals surface area contributed by atoms with Crippen LogP contribution in [0.3, 0.4) is 0 Å². The van der Waals surface area contributed by atoms with Crippen molar-refractivity contribution in [3.05, 3.63) is 70.7 Å². The molecule has 5 nitrogen and oxygen atoms in total. The first kappa shape index (κ1) is 19.1. The lowest BCUT2D eigenvalue weighted by Gasteiger charge is -2.20. The molecule has 0 aliphatic carbocycles. The van der Waals surface area contributed by atoms with Gasteiger partial charge in [0.1, 0.15) is 5.75 Å². The molecular weight excluding hydrogens is 384 g/mol. The number of nitrogens with zero attached hydrogens (tertiary/aromatic N) is 2. The minimum atomic E-state index is -0.323. The third-order valence-electron chi connectivity index (χ3n) is 3.67. The smallest absolute Gasteiger partial charge is 0.311 e. The Balaban J connectivity index is 1.93. The highest BCUT2D eigenvalue weighted by Crippen LogP contribution is 2.30. The predicted molar refractivity (Wildman–Crippen MR) is 107 cm³/mol. The first-order valence-electron chi connectivity index (χ1n) is 8.38. The first-order valence-corrected chi connectivity index (χ1v) is 9.64. The van der Waals surface area contributed by atoms with Crippen LogP contribution in [-0.2, 0) is 4.79 Å². The van der Waals surface area contributed by atoms with Crippen molar-refractivity contribution < 1.29 is 14.3 Å². The van der Waals surface area contributed by atoms with Crippen LogP contribution in [0.1, 0.15) is 30.1 Å². The Morgan fingerprint density at radius 1 is 1.19 bits per heavy atom. The van der Waals surface area contributed by atoms with E-state index in [-0.39, 0.29) is 11.9 Å². The van der Waals surface area contributed by atoms with Gasteiger partial charge in [0.2, 0.25) is 0 Å². The minimum absolute atomic E-state index is 0.277. The summed E-state index contributed by atoms with van der Waals surface area (Å²) in [6.45, 7) is 1.90. The molecule has 0 saturated heterocycles. The number of carbonyl (C=O) groups excluding carboxylic acids is 2. The zero-order chi connectivity index (χ0) is 19.2. The van der Waals surface area contributed by atoms with E-state index in [1.54, 1.807) is 60.1 Å². The molecular formula is C20H17ClN2O3S. The van der Waals surface area contributed by atoms with Gasteiger partial charge in [0, 0.05) is 28.6 Å². The minimum Gasteiger partial charge on any atom is -0.427 e. The number of hydrogen-bond donors (Lipinski definition) is 0. The molecule has 0 spiro atoms. The lowest BCUT2D eigenvalue weighted by Crippen LogP contribution is -2.25. The number of ether oxygens (including phenoxy) is 1. The number of aromatic nitrogens is 1. The second-order valence-electron chi connectivity index (χ2n) is 5.68. The van der Waals surface area contributed by atoms with E-state index in [9.17, 15) is 9.59 Å². The molecule has 3 rings (SSSR count). The van der Waals surface area contributed by atoms with Crippen molar-refractivity contribution >= 4 is 45.6 Å². The zero-order valence-corrected chi connectivity index (χ0v) is 16.2. The van der Waals surface area contributed by atoms with E-state index in [0.717, 1.165) is 0 Å².